The first-order valence-electron chi connectivity index (χ1n) is 17.0. The number of aliphatic hydroxyl groups excluding tert-OH is 1. The predicted octanol–water partition coefficient (Wildman–Crippen LogP) is 4.07. The molecule has 3 aromatic carbocycles. The van der Waals surface area contributed by atoms with Gasteiger partial charge in [0.05, 0.1) is 44.0 Å². The summed E-state index contributed by atoms with van der Waals surface area (Å²) >= 11 is 3.62. The van der Waals surface area contributed by atoms with E-state index in [1.165, 1.54) is 0 Å². The molecule has 5 atom stereocenters. The molecule has 0 unspecified atom stereocenters. The van der Waals surface area contributed by atoms with Crippen LogP contribution in [-0.2, 0) is 44.2 Å². The number of carbonyl (C=O) groups is 3. The number of hydrogen-bond donors (Lipinski definition) is 3. The summed E-state index contributed by atoms with van der Waals surface area (Å²) in [4.78, 5) is 58.7. The van der Waals surface area contributed by atoms with Crippen molar-refractivity contribution in [3.8, 4) is 0 Å². The van der Waals surface area contributed by atoms with Crippen LogP contribution in [0.15, 0.2) is 71.2 Å². The lowest BCUT2D eigenvalue weighted by Crippen LogP contribution is -2.48. The van der Waals surface area contributed by atoms with Crippen LogP contribution in [0, 0.1) is 5.92 Å². The molecular formula is C37H43BrN4O6Si. The Balaban J connectivity index is 1.21. The number of fused-ring (bicyclic) bond motifs is 3. The number of piperazine rings is 1. The minimum Gasteiger partial charge on any atom is -0.432 e. The normalized spacial score (nSPS) is 26.8. The Bertz CT molecular complexity index is 1800. The fourth-order valence-corrected chi connectivity index (χ4v) is 11.5. The first-order chi connectivity index (χ1) is 23.4. The Morgan fingerprint density at radius 1 is 1.08 bits per heavy atom. The second kappa shape index (κ2) is 13.1. The van der Waals surface area contributed by atoms with E-state index in [-0.39, 0.29) is 49.9 Å². The predicted molar refractivity (Wildman–Crippen MR) is 192 cm³/mol. The molecule has 3 amide bonds. The molecule has 0 aromatic heterocycles. The number of nitrogens with one attached hydrogen (secondary N) is 1. The minimum atomic E-state index is -3.01. The number of halogens is 1. The molecule has 7 rings (SSSR count). The van der Waals surface area contributed by atoms with Crippen molar-refractivity contribution in [2.45, 2.75) is 69.2 Å². The first-order valence-corrected chi connectivity index (χ1v) is 20.8. The molecular weight excluding hydrogens is 704 g/mol. The average molecular weight is 748 g/mol. The van der Waals surface area contributed by atoms with Crippen LogP contribution in [0.25, 0.3) is 0 Å². The number of rotatable bonds is 7. The summed E-state index contributed by atoms with van der Waals surface area (Å²) in [5.74, 6) is -0.815. The van der Waals surface area contributed by atoms with Crippen LogP contribution in [0.4, 0.5) is 11.4 Å². The smallest absolute Gasteiger partial charge is 0.264 e. The molecule has 2 fully saturated rings. The molecule has 0 radical (unpaired) electrons. The molecule has 0 aliphatic carbocycles. The first kappa shape index (κ1) is 34.1. The van der Waals surface area contributed by atoms with Crippen molar-refractivity contribution in [1.29, 1.82) is 0 Å². The highest BCUT2D eigenvalue weighted by molar-refractivity contribution is 9.10. The van der Waals surface area contributed by atoms with Gasteiger partial charge in [-0.2, -0.15) is 0 Å². The summed E-state index contributed by atoms with van der Waals surface area (Å²) in [5.41, 5.74) is 3.45. The van der Waals surface area contributed by atoms with Crippen LogP contribution < -0.4 is 15.1 Å². The molecule has 1 spiro atoms. The largest absolute Gasteiger partial charge is 0.432 e. The van der Waals surface area contributed by atoms with E-state index < -0.39 is 31.5 Å². The second-order valence-corrected chi connectivity index (χ2v) is 19.2. The maximum atomic E-state index is 14.9. The molecule has 3 N–H and O–H groups in total. The lowest BCUT2D eigenvalue weighted by atomic mass is 9.82. The molecule has 4 heterocycles. The third kappa shape index (κ3) is 5.96. The standard InChI is InChI=1S/C37H43BrN4O6Si/c1-23-35(49(2,3)47)32(18-33(44)41-21-26-9-5-4-8-25(26)16-29(41)22-43)48-37(23)30-17-27(38)11-12-31(30)42(36(37)46)20-24-7-6-10-28(15-24)40-14-13-39-19-34(40)45/h4-12,15,17,23,29,32,35,39,43,47H,13-14,16,18-22H2,1-3H3/t23-,29-,32+,35-,37+/m0/s1. The maximum absolute atomic E-state index is 14.9. The molecule has 3 aromatic rings. The minimum absolute atomic E-state index is 0.00413. The molecule has 4 aliphatic rings. The SMILES string of the molecule is C[C@H]1[C@H]([Si](C)(C)O)[C@@H](CC(=O)N2Cc3ccccc3C[C@H]2CO)O[C@]12C(=O)N(Cc1cccc(N3CCNCC3=O)c1)c1ccc(Br)cc12. The zero-order valence-electron chi connectivity index (χ0n) is 28.1. The molecule has 4 aliphatic heterocycles. The lowest BCUT2D eigenvalue weighted by Gasteiger charge is -2.37. The van der Waals surface area contributed by atoms with Gasteiger partial charge in [-0.3, -0.25) is 14.4 Å². The summed E-state index contributed by atoms with van der Waals surface area (Å²) < 4.78 is 7.74. The molecule has 10 nitrogen and oxygen atoms in total. The van der Waals surface area contributed by atoms with Crippen molar-refractivity contribution in [3.63, 3.8) is 0 Å². The third-order valence-corrected chi connectivity index (χ3v) is 13.9. The van der Waals surface area contributed by atoms with Crippen LogP contribution in [0.2, 0.25) is 18.6 Å². The Kier molecular flexibility index (Phi) is 9.08. The zero-order chi connectivity index (χ0) is 34.7. The molecule has 258 valence electrons. The van der Waals surface area contributed by atoms with Gasteiger partial charge in [0, 0.05) is 46.8 Å². The Labute approximate surface area is 296 Å². The van der Waals surface area contributed by atoms with Crippen molar-refractivity contribution >= 4 is 53.3 Å². The van der Waals surface area contributed by atoms with Crippen LogP contribution in [0.1, 0.15) is 35.6 Å². The monoisotopic (exact) mass is 746 g/mol. The van der Waals surface area contributed by atoms with E-state index in [0.717, 1.165) is 32.5 Å². The van der Waals surface area contributed by atoms with Crippen LogP contribution >= 0.6 is 15.9 Å². The number of carbonyl (C=O) groups excluding carboxylic acids is 3. The fraction of sp³-hybridized carbons (Fsp3) is 0.432. The number of ether oxygens (including phenoxy) is 1. The van der Waals surface area contributed by atoms with E-state index in [1.54, 1.807) is 14.7 Å². The molecule has 2 saturated heterocycles. The van der Waals surface area contributed by atoms with Crippen molar-refractivity contribution in [2.75, 3.05) is 36.0 Å². The van der Waals surface area contributed by atoms with Crippen molar-refractivity contribution < 1.29 is 29.0 Å². The highest BCUT2D eigenvalue weighted by Crippen LogP contribution is 2.60. The topological polar surface area (TPSA) is 123 Å². The van der Waals surface area contributed by atoms with E-state index in [9.17, 15) is 24.3 Å². The van der Waals surface area contributed by atoms with Crippen molar-refractivity contribution in [2.24, 2.45) is 5.92 Å². The molecule has 49 heavy (non-hydrogen) atoms. The highest BCUT2D eigenvalue weighted by Gasteiger charge is 2.66. The summed E-state index contributed by atoms with van der Waals surface area (Å²) in [7, 11) is -3.01. The summed E-state index contributed by atoms with van der Waals surface area (Å²) in [6.45, 7) is 7.73. The number of hydrogen-bond acceptors (Lipinski definition) is 7. The molecule has 0 bridgehead atoms. The third-order valence-electron chi connectivity index (χ3n) is 10.9. The van der Waals surface area contributed by atoms with E-state index in [1.807, 2.05) is 86.7 Å². The zero-order valence-corrected chi connectivity index (χ0v) is 30.7. The van der Waals surface area contributed by atoms with Gasteiger partial charge >= 0.3 is 0 Å². The fourth-order valence-electron chi connectivity index (χ4n) is 8.62. The second-order valence-electron chi connectivity index (χ2n) is 14.3. The number of nitrogens with zero attached hydrogens (tertiary/aromatic N) is 3. The number of benzene rings is 3. The van der Waals surface area contributed by atoms with Gasteiger partial charge in [-0.1, -0.05) is 59.3 Å². The van der Waals surface area contributed by atoms with Gasteiger partial charge in [0.2, 0.25) is 11.8 Å². The van der Waals surface area contributed by atoms with Gasteiger partial charge in [-0.05, 0) is 66.5 Å². The van der Waals surface area contributed by atoms with E-state index in [2.05, 4.69) is 21.2 Å². The Morgan fingerprint density at radius 2 is 1.86 bits per heavy atom. The number of anilines is 2. The van der Waals surface area contributed by atoms with Gasteiger partial charge in [0.25, 0.3) is 5.91 Å². The number of amides is 3. The van der Waals surface area contributed by atoms with Gasteiger partial charge in [0.1, 0.15) is 0 Å². The summed E-state index contributed by atoms with van der Waals surface area (Å²) in [6.07, 6.45) is -0.153. The van der Waals surface area contributed by atoms with E-state index in [4.69, 9.17) is 4.74 Å². The van der Waals surface area contributed by atoms with Crippen molar-refractivity contribution in [3.05, 3.63) is 93.5 Å². The highest BCUT2D eigenvalue weighted by atomic mass is 79.9. The molecule has 12 heteroatoms. The Hall–Kier alpha value is -3.39. The van der Waals surface area contributed by atoms with Gasteiger partial charge < -0.3 is 34.7 Å². The van der Waals surface area contributed by atoms with Crippen LogP contribution in [0.5, 0.6) is 0 Å². The van der Waals surface area contributed by atoms with E-state index in [0.29, 0.717) is 31.6 Å². The summed E-state index contributed by atoms with van der Waals surface area (Å²) in [5, 5.41) is 13.4. The van der Waals surface area contributed by atoms with E-state index >= 15 is 0 Å². The number of aliphatic hydroxyl groups is 1. The average Bonchev–Trinajstić information content (AvgIpc) is 3.50. The maximum Gasteiger partial charge on any atom is 0.264 e. The van der Waals surface area contributed by atoms with Crippen molar-refractivity contribution in [1.82, 2.24) is 10.2 Å². The molecule has 0 saturated carbocycles. The Morgan fingerprint density at radius 3 is 2.59 bits per heavy atom. The lowest BCUT2D eigenvalue weighted by molar-refractivity contribution is -0.151. The van der Waals surface area contributed by atoms with Crippen LogP contribution in [-0.4, -0.2) is 79.2 Å². The van der Waals surface area contributed by atoms with Crippen LogP contribution in [0.3, 0.4) is 0 Å². The van der Waals surface area contributed by atoms with Gasteiger partial charge in [0.15, 0.2) is 13.9 Å². The quantitative estimate of drug-likeness (QED) is 0.312. The van der Waals surface area contributed by atoms with Gasteiger partial charge in [-0.25, -0.2) is 0 Å². The van der Waals surface area contributed by atoms with Gasteiger partial charge in [-0.15, -0.1) is 0 Å². The summed E-state index contributed by atoms with van der Waals surface area (Å²) in [6, 6.07) is 21.1.